The van der Waals surface area contributed by atoms with Crippen molar-refractivity contribution in [3.05, 3.63) is 68.4 Å². The summed E-state index contributed by atoms with van der Waals surface area (Å²) in [5, 5.41) is 35.7. The third kappa shape index (κ3) is 3.20. The van der Waals surface area contributed by atoms with Crippen LogP contribution in [0, 0.1) is 17.0 Å². The molecule has 9 heteroatoms. The summed E-state index contributed by atoms with van der Waals surface area (Å²) in [5.74, 6) is -2.36. The van der Waals surface area contributed by atoms with Gasteiger partial charge in [0.05, 0.1) is 33.8 Å². The van der Waals surface area contributed by atoms with Crippen LogP contribution in [-0.2, 0) is 6.54 Å². The van der Waals surface area contributed by atoms with E-state index in [1.54, 1.807) is 19.1 Å². The van der Waals surface area contributed by atoms with E-state index in [1.165, 1.54) is 22.9 Å². The second-order valence-electron chi connectivity index (χ2n) is 7.19. The molecule has 148 valence electrons. The highest BCUT2D eigenvalue weighted by molar-refractivity contribution is 5.97. The molecule has 0 bridgehead atoms. The summed E-state index contributed by atoms with van der Waals surface area (Å²) in [6.45, 7) is 1.51. The first-order valence-corrected chi connectivity index (χ1v) is 9.02. The van der Waals surface area contributed by atoms with Crippen LogP contribution in [-0.4, -0.2) is 36.9 Å². The van der Waals surface area contributed by atoms with Crippen LogP contribution in [0.5, 0.6) is 0 Å². The predicted molar refractivity (Wildman–Crippen MR) is 103 cm³/mol. The number of fused-ring (bicyclic) bond motifs is 1. The van der Waals surface area contributed by atoms with Crippen molar-refractivity contribution in [3.63, 3.8) is 0 Å². The number of rotatable bonds is 6. The maximum atomic E-state index is 11.8. The van der Waals surface area contributed by atoms with Gasteiger partial charge in [-0.1, -0.05) is 6.07 Å². The Labute approximate surface area is 164 Å². The number of benzene rings is 2. The fourth-order valence-electron chi connectivity index (χ4n) is 3.67. The molecule has 0 atom stereocenters. The monoisotopic (exact) mass is 395 g/mol. The van der Waals surface area contributed by atoms with E-state index in [4.69, 9.17) is 0 Å². The average Bonchev–Trinajstić information content (AvgIpc) is 3.44. The summed E-state index contributed by atoms with van der Waals surface area (Å²) in [6.07, 6.45) is 1.76. The average molecular weight is 395 g/mol. The summed E-state index contributed by atoms with van der Waals surface area (Å²) in [6, 6.07) is 7.47. The Hall–Kier alpha value is -3.75. The standard InChI is InChI=1S/C20H17N3O6/c1-10-7-12(19(24)25)14(13(8-10)20(26)27)9-22-15-3-2-4-16(23(28)29)17(15)18(21-22)11-5-6-11/h2-4,7-8,11H,5-6,9H2,1H3,(H,24,25)(H,26,27). The zero-order valence-electron chi connectivity index (χ0n) is 15.5. The summed E-state index contributed by atoms with van der Waals surface area (Å²) in [4.78, 5) is 34.6. The molecule has 1 aliphatic carbocycles. The number of aromatic nitrogens is 2. The Morgan fingerprint density at radius 3 is 2.34 bits per heavy atom. The summed E-state index contributed by atoms with van der Waals surface area (Å²) in [7, 11) is 0. The minimum atomic E-state index is -1.24. The van der Waals surface area contributed by atoms with E-state index in [2.05, 4.69) is 5.10 Å². The van der Waals surface area contributed by atoms with Crippen LogP contribution in [0.2, 0.25) is 0 Å². The van der Waals surface area contributed by atoms with E-state index in [0.29, 0.717) is 22.2 Å². The molecule has 4 rings (SSSR count). The summed E-state index contributed by atoms with van der Waals surface area (Å²) in [5.41, 5.74) is 1.41. The molecular formula is C20H17N3O6. The molecule has 2 N–H and O–H groups in total. The number of nitrogens with zero attached hydrogens (tertiary/aromatic N) is 3. The molecule has 29 heavy (non-hydrogen) atoms. The second-order valence-corrected chi connectivity index (χ2v) is 7.19. The molecule has 1 aliphatic rings. The molecule has 1 saturated carbocycles. The van der Waals surface area contributed by atoms with Crippen LogP contribution in [0.3, 0.4) is 0 Å². The van der Waals surface area contributed by atoms with E-state index in [-0.39, 0.29) is 34.8 Å². The number of aromatic carboxylic acids is 2. The van der Waals surface area contributed by atoms with E-state index in [0.717, 1.165) is 12.8 Å². The highest BCUT2D eigenvalue weighted by atomic mass is 16.6. The lowest BCUT2D eigenvalue weighted by Crippen LogP contribution is -2.15. The highest BCUT2D eigenvalue weighted by Crippen LogP contribution is 2.45. The van der Waals surface area contributed by atoms with Gasteiger partial charge in [0.15, 0.2) is 0 Å². The van der Waals surface area contributed by atoms with Crippen molar-refractivity contribution >= 4 is 28.5 Å². The summed E-state index contributed by atoms with van der Waals surface area (Å²) < 4.78 is 1.47. The van der Waals surface area contributed by atoms with Gasteiger partial charge in [0.2, 0.25) is 0 Å². The number of nitro benzene ring substituents is 1. The topological polar surface area (TPSA) is 136 Å². The predicted octanol–water partition coefficient (Wildman–Crippen LogP) is 3.58. The van der Waals surface area contributed by atoms with Crippen LogP contribution in [0.15, 0.2) is 30.3 Å². The number of nitro groups is 1. The number of carboxylic acid groups (broad SMARTS) is 2. The lowest BCUT2D eigenvalue weighted by molar-refractivity contribution is -0.383. The molecule has 1 fully saturated rings. The number of aryl methyl sites for hydroxylation is 1. The molecule has 0 aliphatic heterocycles. The van der Waals surface area contributed by atoms with Gasteiger partial charge in [-0.15, -0.1) is 0 Å². The van der Waals surface area contributed by atoms with Gasteiger partial charge in [0.1, 0.15) is 5.39 Å². The Kier molecular flexibility index (Phi) is 4.30. The molecule has 0 saturated heterocycles. The lowest BCUT2D eigenvalue weighted by atomic mass is 9.97. The molecule has 1 heterocycles. The van der Waals surface area contributed by atoms with Crippen molar-refractivity contribution in [1.82, 2.24) is 9.78 Å². The van der Waals surface area contributed by atoms with Gasteiger partial charge < -0.3 is 10.2 Å². The minimum absolute atomic E-state index is 0.0588. The largest absolute Gasteiger partial charge is 0.478 e. The molecule has 0 radical (unpaired) electrons. The smallest absolute Gasteiger partial charge is 0.336 e. The molecule has 9 nitrogen and oxygen atoms in total. The van der Waals surface area contributed by atoms with E-state index < -0.39 is 16.9 Å². The van der Waals surface area contributed by atoms with Crippen LogP contribution in [0.4, 0.5) is 5.69 Å². The van der Waals surface area contributed by atoms with Crippen LogP contribution < -0.4 is 0 Å². The van der Waals surface area contributed by atoms with E-state index >= 15 is 0 Å². The SMILES string of the molecule is Cc1cc(C(=O)O)c(Cn2nc(C3CC3)c3c([N+](=O)[O-])cccc32)c(C(=O)O)c1. The molecule has 0 unspecified atom stereocenters. The van der Waals surface area contributed by atoms with Crippen LogP contribution in [0.1, 0.15) is 56.3 Å². The lowest BCUT2D eigenvalue weighted by Gasteiger charge is -2.12. The molecule has 1 aromatic heterocycles. The van der Waals surface area contributed by atoms with Crippen molar-refractivity contribution in [2.24, 2.45) is 0 Å². The summed E-state index contributed by atoms with van der Waals surface area (Å²) >= 11 is 0. The van der Waals surface area contributed by atoms with Crippen molar-refractivity contribution in [1.29, 1.82) is 0 Å². The molecule has 3 aromatic rings. The highest BCUT2D eigenvalue weighted by Gasteiger charge is 2.33. The minimum Gasteiger partial charge on any atom is -0.478 e. The third-order valence-electron chi connectivity index (χ3n) is 5.11. The fourth-order valence-corrected chi connectivity index (χ4v) is 3.67. The first-order chi connectivity index (χ1) is 13.8. The first kappa shape index (κ1) is 18.6. The molecular weight excluding hydrogens is 378 g/mol. The molecule has 2 aromatic carbocycles. The van der Waals surface area contributed by atoms with Gasteiger partial charge in [0, 0.05) is 17.5 Å². The van der Waals surface area contributed by atoms with Crippen LogP contribution in [0.25, 0.3) is 10.9 Å². The number of hydrogen-bond acceptors (Lipinski definition) is 5. The van der Waals surface area contributed by atoms with E-state index in [1.807, 2.05) is 0 Å². The fraction of sp³-hybridized carbons (Fsp3) is 0.250. The zero-order chi connectivity index (χ0) is 20.9. The normalized spacial score (nSPS) is 13.6. The number of carbonyl (C=O) groups is 2. The van der Waals surface area contributed by atoms with Gasteiger partial charge in [-0.25, -0.2) is 9.59 Å². The zero-order valence-corrected chi connectivity index (χ0v) is 15.5. The van der Waals surface area contributed by atoms with Crippen molar-refractivity contribution < 1.29 is 24.7 Å². The maximum Gasteiger partial charge on any atom is 0.336 e. The van der Waals surface area contributed by atoms with E-state index in [9.17, 15) is 29.9 Å². The van der Waals surface area contributed by atoms with Gasteiger partial charge in [-0.3, -0.25) is 14.8 Å². The Morgan fingerprint density at radius 1 is 1.21 bits per heavy atom. The van der Waals surface area contributed by atoms with Gasteiger partial charge in [-0.2, -0.15) is 5.10 Å². The van der Waals surface area contributed by atoms with Gasteiger partial charge in [0.25, 0.3) is 5.69 Å². The van der Waals surface area contributed by atoms with Gasteiger partial charge in [-0.05, 0) is 43.5 Å². The number of hydrogen-bond donors (Lipinski definition) is 2. The van der Waals surface area contributed by atoms with Gasteiger partial charge >= 0.3 is 11.9 Å². The second kappa shape index (κ2) is 6.69. The molecule has 0 spiro atoms. The number of carboxylic acids is 2. The first-order valence-electron chi connectivity index (χ1n) is 9.02. The van der Waals surface area contributed by atoms with Crippen LogP contribution >= 0.6 is 0 Å². The Balaban J connectivity index is 1.94. The number of non-ortho nitro benzene ring substituents is 1. The molecule has 0 amide bonds. The maximum absolute atomic E-state index is 11.8. The Morgan fingerprint density at radius 2 is 1.83 bits per heavy atom. The van der Waals surface area contributed by atoms with Crippen molar-refractivity contribution in [2.45, 2.75) is 32.2 Å². The Bertz CT molecular complexity index is 1160. The van der Waals surface area contributed by atoms with Crippen molar-refractivity contribution in [3.8, 4) is 0 Å². The third-order valence-corrected chi connectivity index (χ3v) is 5.11. The van der Waals surface area contributed by atoms with Crippen molar-refractivity contribution in [2.75, 3.05) is 0 Å². The quantitative estimate of drug-likeness (QED) is 0.481.